The lowest BCUT2D eigenvalue weighted by Crippen LogP contribution is -2.38. The van der Waals surface area contributed by atoms with Gasteiger partial charge < -0.3 is 14.8 Å². The minimum absolute atomic E-state index is 0.0315. The second-order valence-corrected chi connectivity index (χ2v) is 8.59. The molecule has 31 heavy (non-hydrogen) atoms. The van der Waals surface area contributed by atoms with Gasteiger partial charge in [0.25, 0.3) is 10.0 Å². The van der Waals surface area contributed by atoms with Crippen LogP contribution in [0.25, 0.3) is 0 Å². The highest BCUT2D eigenvalue weighted by Gasteiger charge is 2.30. The van der Waals surface area contributed by atoms with Crippen LogP contribution in [0.3, 0.4) is 0 Å². The van der Waals surface area contributed by atoms with Crippen LogP contribution in [0.1, 0.15) is 0 Å². The van der Waals surface area contributed by atoms with Crippen LogP contribution < -0.4 is 19.1 Å². The van der Waals surface area contributed by atoms with Crippen molar-refractivity contribution in [2.45, 2.75) is 4.90 Å². The average Bonchev–Trinajstić information content (AvgIpc) is 2.78. The van der Waals surface area contributed by atoms with E-state index in [1.54, 1.807) is 30.5 Å². The van der Waals surface area contributed by atoms with Gasteiger partial charge in [-0.05, 0) is 48.5 Å². The third kappa shape index (κ3) is 5.25. The number of amides is 1. The minimum atomic E-state index is -4.15. The summed E-state index contributed by atoms with van der Waals surface area (Å²) in [6.07, 6.45) is 3.02. The average molecular weight is 462 g/mol. The number of halogens is 1. The number of benzene rings is 2. The highest BCUT2D eigenvalue weighted by atomic mass is 35.5. The molecule has 0 radical (unpaired) electrons. The molecule has 0 atom stereocenters. The van der Waals surface area contributed by atoms with E-state index in [1.165, 1.54) is 50.7 Å². The van der Waals surface area contributed by atoms with Gasteiger partial charge in [-0.25, -0.2) is 8.42 Å². The first kappa shape index (κ1) is 22.4. The molecule has 0 spiro atoms. The zero-order chi connectivity index (χ0) is 22.4. The Labute approximate surface area is 185 Å². The van der Waals surface area contributed by atoms with E-state index in [2.05, 4.69) is 10.3 Å². The molecule has 3 rings (SSSR count). The largest absolute Gasteiger partial charge is 0.497 e. The van der Waals surface area contributed by atoms with E-state index in [1.807, 2.05) is 0 Å². The van der Waals surface area contributed by atoms with E-state index in [0.717, 1.165) is 4.31 Å². The number of nitrogens with zero attached hydrogens (tertiary/aromatic N) is 2. The highest BCUT2D eigenvalue weighted by Crippen LogP contribution is 2.35. The van der Waals surface area contributed by atoms with Gasteiger partial charge in [0.1, 0.15) is 18.0 Å². The predicted octanol–water partition coefficient (Wildman–Crippen LogP) is 3.59. The molecule has 1 aromatic heterocycles. The monoisotopic (exact) mass is 461 g/mol. The standard InChI is InChI=1S/C21H20ClN3O5S/c1-29-17-7-10-20(30-2)19(12-17)25(14-21(26)24-16-4-3-11-23-13-16)31(27,28)18-8-5-15(22)6-9-18/h3-13H,14H2,1-2H3,(H,24,26). The smallest absolute Gasteiger partial charge is 0.264 e. The lowest BCUT2D eigenvalue weighted by molar-refractivity contribution is -0.114. The molecule has 0 saturated carbocycles. The number of ether oxygens (including phenoxy) is 2. The SMILES string of the molecule is COc1ccc(OC)c(N(CC(=O)Nc2cccnc2)S(=O)(=O)c2ccc(Cl)cc2)c1. The molecule has 0 aliphatic heterocycles. The number of carbonyl (C=O) groups excluding carboxylic acids is 1. The number of methoxy groups -OCH3 is 2. The van der Waals surface area contributed by atoms with Gasteiger partial charge in [0.15, 0.2) is 0 Å². The minimum Gasteiger partial charge on any atom is -0.497 e. The van der Waals surface area contributed by atoms with Gasteiger partial charge in [-0.1, -0.05) is 11.6 Å². The molecule has 0 saturated heterocycles. The summed E-state index contributed by atoms with van der Waals surface area (Å²) in [5, 5.41) is 3.03. The summed E-state index contributed by atoms with van der Waals surface area (Å²) in [7, 11) is -1.29. The lowest BCUT2D eigenvalue weighted by atomic mass is 10.2. The summed E-state index contributed by atoms with van der Waals surface area (Å²) < 4.78 is 38.5. The maximum atomic E-state index is 13.5. The second-order valence-electron chi connectivity index (χ2n) is 6.29. The van der Waals surface area contributed by atoms with Crippen molar-refractivity contribution >= 4 is 38.9 Å². The lowest BCUT2D eigenvalue weighted by Gasteiger charge is -2.26. The Morgan fingerprint density at radius 1 is 1.10 bits per heavy atom. The van der Waals surface area contributed by atoms with Crippen molar-refractivity contribution in [2.24, 2.45) is 0 Å². The number of anilines is 2. The van der Waals surface area contributed by atoms with Crippen molar-refractivity contribution in [3.05, 3.63) is 72.0 Å². The van der Waals surface area contributed by atoms with Crippen molar-refractivity contribution < 1.29 is 22.7 Å². The highest BCUT2D eigenvalue weighted by molar-refractivity contribution is 7.92. The number of pyridine rings is 1. The number of rotatable bonds is 8. The Balaban J connectivity index is 2.05. The molecular formula is C21H20ClN3O5S. The third-order valence-electron chi connectivity index (χ3n) is 4.29. The van der Waals surface area contributed by atoms with E-state index in [4.69, 9.17) is 21.1 Å². The van der Waals surface area contributed by atoms with Crippen molar-refractivity contribution in [1.82, 2.24) is 4.98 Å². The maximum Gasteiger partial charge on any atom is 0.264 e. The predicted molar refractivity (Wildman–Crippen MR) is 118 cm³/mol. The van der Waals surface area contributed by atoms with Gasteiger partial charge in [-0.15, -0.1) is 0 Å². The van der Waals surface area contributed by atoms with Gasteiger partial charge in [0.05, 0.1) is 36.7 Å². The van der Waals surface area contributed by atoms with Crippen LogP contribution in [-0.4, -0.2) is 40.1 Å². The number of aromatic nitrogens is 1. The fourth-order valence-corrected chi connectivity index (χ4v) is 4.34. The topological polar surface area (TPSA) is 97.8 Å². The molecule has 0 fully saturated rings. The van der Waals surface area contributed by atoms with Crippen LogP contribution in [0, 0.1) is 0 Å². The summed E-state index contributed by atoms with van der Waals surface area (Å²) in [6.45, 7) is -0.511. The quantitative estimate of drug-likeness (QED) is 0.550. The molecule has 0 bridgehead atoms. The molecule has 0 unspecified atom stereocenters. The van der Waals surface area contributed by atoms with E-state index >= 15 is 0 Å². The third-order valence-corrected chi connectivity index (χ3v) is 6.31. The molecule has 1 amide bonds. The van der Waals surface area contributed by atoms with Crippen LogP contribution in [-0.2, 0) is 14.8 Å². The van der Waals surface area contributed by atoms with Crippen molar-refractivity contribution in [3.8, 4) is 11.5 Å². The summed E-state index contributed by atoms with van der Waals surface area (Å²) in [6, 6.07) is 13.7. The Hall–Kier alpha value is -3.30. The molecule has 2 aromatic carbocycles. The maximum absolute atomic E-state index is 13.5. The van der Waals surface area contributed by atoms with Crippen LogP contribution in [0.15, 0.2) is 71.9 Å². The second kappa shape index (κ2) is 9.67. The van der Waals surface area contributed by atoms with Gasteiger partial charge >= 0.3 is 0 Å². The Bertz CT molecular complexity index is 1160. The van der Waals surface area contributed by atoms with E-state index < -0.39 is 22.5 Å². The number of hydrogen-bond acceptors (Lipinski definition) is 6. The summed E-state index contributed by atoms with van der Waals surface area (Å²) >= 11 is 5.91. The molecule has 0 aliphatic rings. The van der Waals surface area contributed by atoms with Crippen LogP contribution in [0.4, 0.5) is 11.4 Å². The molecule has 8 nitrogen and oxygen atoms in total. The first-order valence-corrected chi connectivity index (χ1v) is 10.9. The van der Waals surface area contributed by atoms with Crippen molar-refractivity contribution in [3.63, 3.8) is 0 Å². The Kier molecular flexibility index (Phi) is 6.98. The van der Waals surface area contributed by atoms with Crippen molar-refractivity contribution in [2.75, 3.05) is 30.4 Å². The van der Waals surface area contributed by atoms with Gasteiger partial charge in [-0.2, -0.15) is 0 Å². The van der Waals surface area contributed by atoms with E-state index in [-0.39, 0.29) is 16.3 Å². The molecule has 1 heterocycles. The molecule has 1 N–H and O–H groups in total. The number of carbonyl (C=O) groups is 1. The van der Waals surface area contributed by atoms with Gasteiger partial charge in [0, 0.05) is 17.3 Å². The Morgan fingerprint density at radius 2 is 1.84 bits per heavy atom. The normalized spacial score (nSPS) is 10.9. The fourth-order valence-electron chi connectivity index (χ4n) is 2.79. The summed E-state index contributed by atoms with van der Waals surface area (Å²) in [5.74, 6) is 0.0997. The summed E-state index contributed by atoms with van der Waals surface area (Å²) in [4.78, 5) is 16.6. The molecule has 0 aliphatic carbocycles. The van der Waals surface area contributed by atoms with Gasteiger partial charge in [-0.3, -0.25) is 14.1 Å². The first-order chi connectivity index (χ1) is 14.8. The number of sulfonamides is 1. The van der Waals surface area contributed by atoms with Crippen LogP contribution >= 0.6 is 11.6 Å². The van der Waals surface area contributed by atoms with Crippen LogP contribution in [0.5, 0.6) is 11.5 Å². The number of nitrogens with one attached hydrogen (secondary N) is 1. The molecular weight excluding hydrogens is 442 g/mol. The fraction of sp³-hybridized carbons (Fsp3) is 0.143. The van der Waals surface area contributed by atoms with Crippen molar-refractivity contribution in [1.29, 1.82) is 0 Å². The first-order valence-electron chi connectivity index (χ1n) is 9.05. The summed E-state index contributed by atoms with van der Waals surface area (Å²) in [5.41, 5.74) is 0.590. The molecule has 162 valence electrons. The van der Waals surface area contributed by atoms with Gasteiger partial charge in [0.2, 0.25) is 5.91 Å². The molecule has 10 heteroatoms. The number of hydrogen-bond donors (Lipinski definition) is 1. The van der Waals surface area contributed by atoms with Crippen LogP contribution in [0.2, 0.25) is 5.02 Å². The van der Waals surface area contributed by atoms with E-state index in [9.17, 15) is 13.2 Å². The zero-order valence-corrected chi connectivity index (χ0v) is 18.4. The van der Waals surface area contributed by atoms with E-state index in [0.29, 0.717) is 16.5 Å². The zero-order valence-electron chi connectivity index (χ0n) is 16.8. The molecule has 3 aromatic rings. The Morgan fingerprint density at radius 3 is 2.45 bits per heavy atom.